The summed E-state index contributed by atoms with van der Waals surface area (Å²) in [4.78, 5) is 0. The molecule has 0 radical (unpaired) electrons. The van der Waals surface area contributed by atoms with E-state index in [0.717, 1.165) is 5.75 Å². The molecule has 0 saturated carbocycles. The summed E-state index contributed by atoms with van der Waals surface area (Å²) in [5.41, 5.74) is 5.27. The second-order valence-electron chi connectivity index (χ2n) is 4.98. The first kappa shape index (κ1) is 12.0. The van der Waals surface area contributed by atoms with E-state index >= 15 is 0 Å². The summed E-state index contributed by atoms with van der Waals surface area (Å²) >= 11 is 0. The summed E-state index contributed by atoms with van der Waals surface area (Å²) in [5.74, 6) is 1.59. The molecule has 1 heteroatoms. The van der Waals surface area contributed by atoms with Gasteiger partial charge in [-0.1, -0.05) is 43.7 Å². The van der Waals surface area contributed by atoms with E-state index in [2.05, 4.69) is 45.9 Å². The molecule has 0 fully saturated rings. The molecule has 0 N–H and O–H groups in total. The summed E-state index contributed by atoms with van der Waals surface area (Å²) < 4.78 is 5.78. The van der Waals surface area contributed by atoms with Gasteiger partial charge in [-0.25, -0.2) is 0 Å². The van der Waals surface area contributed by atoms with Crippen LogP contribution < -0.4 is 4.74 Å². The average molecular weight is 228 g/mol. The lowest BCUT2D eigenvalue weighted by Gasteiger charge is -2.21. The summed E-state index contributed by atoms with van der Waals surface area (Å²) in [7, 11) is 0. The van der Waals surface area contributed by atoms with Gasteiger partial charge in [-0.3, -0.25) is 0 Å². The zero-order chi connectivity index (χ0) is 12.4. The molecule has 1 aromatic rings. The molecule has 1 heterocycles. The molecule has 0 unspecified atom stereocenters. The van der Waals surface area contributed by atoms with Crippen molar-refractivity contribution in [2.24, 2.45) is 5.92 Å². The van der Waals surface area contributed by atoms with Crippen molar-refractivity contribution in [3.63, 3.8) is 0 Å². The first-order valence-electron chi connectivity index (χ1n) is 6.19. The Morgan fingerprint density at radius 1 is 1.29 bits per heavy atom. The Bertz CT molecular complexity index is 478. The maximum absolute atomic E-state index is 5.78. The van der Waals surface area contributed by atoms with Gasteiger partial charge in [0, 0.05) is 5.56 Å². The normalized spacial score (nSPS) is 15.9. The minimum atomic E-state index is 0.590. The molecule has 1 nitrogen and oxygen atoms in total. The molecule has 1 aliphatic rings. The van der Waals surface area contributed by atoms with Gasteiger partial charge >= 0.3 is 0 Å². The molecular weight excluding hydrogens is 208 g/mol. The van der Waals surface area contributed by atoms with Crippen molar-refractivity contribution < 1.29 is 4.74 Å². The Morgan fingerprint density at radius 2 is 2.00 bits per heavy atom. The van der Waals surface area contributed by atoms with E-state index in [9.17, 15) is 0 Å². The van der Waals surface area contributed by atoms with Crippen LogP contribution in [0.1, 0.15) is 33.3 Å². The topological polar surface area (TPSA) is 9.23 Å². The third-order valence-electron chi connectivity index (χ3n) is 3.47. The molecule has 17 heavy (non-hydrogen) atoms. The van der Waals surface area contributed by atoms with Crippen molar-refractivity contribution in [3.8, 4) is 5.75 Å². The fourth-order valence-corrected chi connectivity index (χ4v) is 1.93. The number of benzene rings is 1. The number of ether oxygens (including phenoxy) is 1. The molecule has 1 aromatic carbocycles. The molecule has 0 bridgehead atoms. The highest BCUT2D eigenvalue weighted by Gasteiger charge is 2.15. The van der Waals surface area contributed by atoms with Crippen molar-refractivity contribution in [2.75, 3.05) is 6.61 Å². The second kappa shape index (κ2) is 4.79. The Hall–Kier alpha value is -1.50. The van der Waals surface area contributed by atoms with E-state index in [0.29, 0.717) is 12.5 Å². The smallest absolute Gasteiger partial charge is 0.127 e. The van der Waals surface area contributed by atoms with E-state index in [4.69, 9.17) is 4.74 Å². The Morgan fingerprint density at radius 3 is 2.71 bits per heavy atom. The van der Waals surface area contributed by atoms with Gasteiger partial charge in [0.2, 0.25) is 0 Å². The van der Waals surface area contributed by atoms with Gasteiger partial charge in [0.25, 0.3) is 0 Å². The van der Waals surface area contributed by atoms with E-state index < -0.39 is 0 Å². The lowest BCUT2D eigenvalue weighted by molar-refractivity contribution is 0.349. The van der Waals surface area contributed by atoms with Gasteiger partial charge in [-0.15, -0.1) is 0 Å². The van der Waals surface area contributed by atoms with Crippen LogP contribution in [0, 0.1) is 5.92 Å². The summed E-state index contributed by atoms with van der Waals surface area (Å²) in [6, 6.07) is 8.25. The zero-order valence-electron chi connectivity index (χ0n) is 11.1. The van der Waals surface area contributed by atoms with Crippen LogP contribution in [-0.2, 0) is 0 Å². The zero-order valence-corrected chi connectivity index (χ0v) is 11.1. The fraction of sp³-hybridized carbons (Fsp3) is 0.375. The number of allylic oxidation sites excluding steroid dienone is 2. The van der Waals surface area contributed by atoms with Crippen LogP contribution in [-0.4, -0.2) is 6.61 Å². The van der Waals surface area contributed by atoms with Crippen LogP contribution in [0.15, 0.2) is 41.5 Å². The average Bonchev–Trinajstić information content (AvgIpc) is 2.33. The molecule has 0 amide bonds. The Balaban J connectivity index is 2.41. The predicted octanol–water partition coefficient (Wildman–Crippen LogP) is 4.45. The minimum Gasteiger partial charge on any atom is -0.488 e. The monoisotopic (exact) mass is 228 g/mol. The summed E-state index contributed by atoms with van der Waals surface area (Å²) in [6.45, 7) is 9.50. The largest absolute Gasteiger partial charge is 0.488 e. The van der Waals surface area contributed by atoms with E-state index in [1.807, 2.05) is 12.1 Å². The van der Waals surface area contributed by atoms with Gasteiger partial charge < -0.3 is 4.74 Å². The first-order valence-corrected chi connectivity index (χ1v) is 6.19. The maximum atomic E-state index is 5.78. The quantitative estimate of drug-likeness (QED) is 0.726. The van der Waals surface area contributed by atoms with E-state index in [1.165, 1.54) is 22.3 Å². The second-order valence-corrected chi connectivity index (χ2v) is 4.98. The Labute approximate surface area is 104 Å². The number of hydrogen-bond acceptors (Lipinski definition) is 1. The van der Waals surface area contributed by atoms with Crippen LogP contribution in [0.2, 0.25) is 0 Å². The number of para-hydroxylation sites is 1. The van der Waals surface area contributed by atoms with Crippen LogP contribution >= 0.6 is 0 Å². The SMILES string of the molecule is CC1=C(/C=C(\C)C(C)C)COc2ccccc21. The van der Waals surface area contributed by atoms with Crippen LogP contribution in [0.3, 0.4) is 0 Å². The van der Waals surface area contributed by atoms with Crippen LogP contribution in [0.5, 0.6) is 5.75 Å². The van der Waals surface area contributed by atoms with Gasteiger partial charge in [0.15, 0.2) is 0 Å². The first-order chi connectivity index (χ1) is 8.09. The molecule has 2 rings (SSSR count). The van der Waals surface area contributed by atoms with Gasteiger partial charge in [-0.05, 0) is 37.0 Å². The van der Waals surface area contributed by atoms with Crippen molar-refractivity contribution in [3.05, 3.63) is 47.1 Å². The predicted molar refractivity (Wildman–Crippen MR) is 73.1 cm³/mol. The number of fused-ring (bicyclic) bond motifs is 1. The lowest BCUT2D eigenvalue weighted by Crippen LogP contribution is -2.09. The van der Waals surface area contributed by atoms with Crippen LogP contribution in [0.4, 0.5) is 0 Å². The number of rotatable bonds is 2. The fourth-order valence-electron chi connectivity index (χ4n) is 1.93. The number of hydrogen-bond donors (Lipinski definition) is 0. The van der Waals surface area contributed by atoms with Crippen molar-refractivity contribution in [1.82, 2.24) is 0 Å². The van der Waals surface area contributed by atoms with Crippen LogP contribution in [0.25, 0.3) is 5.57 Å². The van der Waals surface area contributed by atoms with Gasteiger partial charge in [-0.2, -0.15) is 0 Å². The molecule has 0 aliphatic carbocycles. The maximum Gasteiger partial charge on any atom is 0.127 e. The molecular formula is C16H20O. The van der Waals surface area contributed by atoms with Crippen molar-refractivity contribution in [1.29, 1.82) is 0 Å². The van der Waals surface area contributed by atoms with E-state index in [1.54, 1.807) is 0 Å². The van der Waals surface area contributed by atoms with Crippen molar-refractivity contribution in [2.45, 2.75) is 27.7 Å². The molecule has 0 spiro atoms. The van der Waals surface area contributed by atoms with Crippen molar-refractivity contribution >= 4 is 5.57 Å². The molecule has 0 aromatic heterocycles. The third-order valence-corrected chi connectivity index (χ3v) is 3.47. The lowest BCUT2D eigenvalue weighted by atomic mass is 9.95. The summed E-state index contributed by atoms with van der Waals surface area (Å²) in [6.07, 6.45) is 2.27. The highest BCUT2D eigenvalue weighted by Crippen LogP contribution is 2.33. The summed E-state index contributed by atoms with van der Waals surface area (Å²) in [5, 5.41) is 0. The molecule has 0 saturated heterocycles. The Kier molecular flexibility index (Phi) is 3.37. The van der Waals surface area contributed by atoms with Gasteiger partial charge in [0.05, 0.1) is 0 Å². The third kappa shape index (κ3) is 2.44. The highest BCUT2D eigenvalue weighted by atomic mass is 16.5. The molecule has 90 valence electrons. The molecule has 1 aliphatic heterocycles. The van der Waals surface area contributed by atoms with E-state index in [-0.39, 0.29) is 0 Å². The standard InChI is InChI=1S/C16H20O/c1-11(2)12(3)9-14-10-17-16-8-6-5-7-15(16)13(14)4/h5-9,11H,10H2,1-4H3/b12-9+. The molecule has 0 atom stereocenters. The minimum absolute atomic E-state index is 0.590. The highest BCUT2D eigenvalue weighted by molar-refractivity contribution is 5.75. The van der Waals surface area contributed by atoms with Gasteiger partial charge in [0.1, 0.15) is 12.4 Å².